The van der Waals surface area contributed by atoms with E-state index in [-0.39, 0.29) is 17.1 Å². The molecule has 1 heterocycles. The fourth-order valence-corrected chi connectivity index (χ4v) is 4.02. The second-order valence-corrected chi connectivity index (χ2v) is 7.23. The lowest BCUT2D eigenvalue weighted by Crippen LogP contribution is -2.35. The molecule has 7 heteroatoms. The van der Waals surface area contributed by atoms with Gasteiger partial charge < -0.3 is 5.32 Å². The molecule has 1 amide bonds. The van der Waals surface area contributed by atoms with Gasteiger partial charge in [0.15, 0.2) is 0 Å². The van der Waals surface area contributed by atoms with Crippen LogP contribution in [0.15, 0.2) is 47.4 Å². The number of para-hydroxylation sites is 1. The molecule has 0 spiro atoms. The molecule has 114 valence electrons. The minimum absolute atomic E-state index is 0.0672. The predicted octanol–water partition coefficient (Wildman–Crippen LogP) is 2.80. The summed E-state index contributed by atoms with van der Waals surface area (Å²) in [6.07, 6.45) is 0. The number of carbonyl (C=O) groups excluding carboxylic acids is 1. The molecule has 2 aromatic carbocycles. The first-order valence-electron chi connectivity index (χ1n) is 6.57. The van der Waals surface area contributed by atoms with Crippen LogP contribution in [-0.4, -0.2) is 20.9 Å². The highest BCUT2D eigenvalue weighted by atomic mass is 35.5. The summed E-state index contributed by atoms with van der Waals surface area (Å²) in [5.74, 6) is -0.398. The van der Waals surface area contributed by atoms with Gasteiger partial charge in [0, 0.05) is 5.02 Å². The zero-order chi connectivity index (χ0) is 15.9. The fourth-order valence-electron chi connectivity index (χ4n) is 2.29. The van der Waals surface area contributed by atoms with E-state index in [0.717, 1.165) is 9.87 Å². The number of anilines is 2. The van der Waals surface area contributed by atoms with E-state index in [1.54, 1.807) is 36.4 Å². The van der Waals surface area contributed by atoms with Crippen molar-refractivity contribution >= 4 is 38.9 Å². The molecule has 0 saturated carbocycles. The van der Waals surface area contributed by atoms with E-state index in [1.807, 2.05) is 6.92 Å². The van der Waals surface area contributed by atoms with Crippen molar-refractivity contribution in [2.24, 2.45) is 0 Å². The molecule has 0 fully saturated rings. The van der Waals surface area contributed by atoms with Gasteiger partial charge in [-0.3, -0.25) is 9.10 Å². The molecule has 5 nitrogen and oxygen atoms in total. The maximum absolute atomic E-state index is 12.9. The van der Waals surface area contributed by atoms with E-state index >= 15 is 0 Å². The molecule has 0 aromatic heterocycles. The standard InChI is InChI=1S/C15H13ClN2O3S/c1-10-6-7-11(8-12(10)16)18-9-15(19)17-13-4-2-3-5-14(13)22(18,20)21/h2-8H,9H2,1H3,(H,17,19). The van der Waals surface area contributed by atoms with E-state index in [2.05, 4.69) is 5.32 Å². The molecule has 0 aliphatic carbocycles. The zero-order valence-corrected chi connectivity index (χ0v) is 13.3. The Labute approximate surface area is 133 Å². The van der Waals surface area contributed by atoms with Crippen molar-refractivity contribution in [1.82, 2.24) is 0 Å². The summed E-state index contributed by atoms with van der Waals surface area (Å²) in [5.41, 5.74) is 1.48. The zero-order valence-electron chi connectivity index (χ0n) is 11.7. The molecule has 0 unspecified atom stereocenters. The third kappa shape index (κ3) is 2.44. The monoisotopic (exact) mass is 336 g/mol. The molecule has 0 bridgehead atoms. The van der Waals surface area contributed by atoms with Gasteiger partial charge >= 0.3 is 0 Å². The highest BCUT2D eigenvalue weighted by molar-refractivity contribution is 7.93. The Balaban J connectivity index is 2.19. The van der Waals surface area contributed by atoms with Crippen LogP contribution < -0.4 is 9.62 Å². The maximum atomic E-state index is 12.9. The van der Waals surface area contributed by atoms with Gasteiger partial charge in [0.25, 0.3) is 10.0 Å². The maximum Gasteiger partial charge on any atom is 0.266 e. The van der Waals surface area contributed by atoms with Crippen molar-refractivity contribution in [2.75, 3.05) is 16.2 Å². The number of fused-ring (bicyclic) bond motifs is 1. The molecule has 0 atom stereocenters. The number of rotatable bonds is 1. The van der Waals surface area contributed by atoms with Crippen LogP contribution in [0.25, 0.3) is 0 Å². The van der Waals surface area contributed by atoms with E-state index in [9.17, 15) is 13.2 Å². The number of nitrogens with zero attached hydrogens (tertiary/aromatic N) is 1. The van der Waals surface area contributed by atoms with Crippen molar-refractivity contribution in [3.8, 4) is 0 Å². The first-order valence-corrected chi connectivity index (χ1v) is 8.39. The summed E-state index contributed by atoms with van der Waals surface area (Å²) >= 11 is 6.08. The summed E-state index contributed by atoms with van der Waals surface area (Å²) in [4.78, 5) is 12.1. The molecular formula is C15H13ClN2O3S. The second kappa shape index (κ2) is 5.30. The van der Waals surface area contributed by atoms with Gasteiger partial charge in [-0.15, -0.1) is 0 Å². The predicted molar refractivity (Wildman–Crippen MR) is 85.8 cm³/mol. The van der Waals surface area contributed by atoms with E-state index < -0.39 is 15.9 Å². The molecule has 22 heavy (non-hydrogen) atoms. The average molecular weight is 337 g/mol. The van der Waals surface area contributed by atoms with Crippen LogP contribution >= 0.6 is 11.6 Å². The Morgan fingerprint density at radius 3 is 2.64 bits per heavy atom. The highest BCUT2D eigenvalue weighted by Crippen LogP contribution is 2.32. The van der Waals surface area contributed by atoms with Gasteiger partial charge in [-0.05, 0) is 36.8 Å². The molecule has 1 aliphatic rings. The summed E-state index contributed by atoms with van der Waals surface area (Å²) in [7, 11) is -3.84. The summed E-state index contributed by atoms with van der Waals surface area (Å²) in [5, 5.41) is 3.06. The first-order chi connectivity index (χ1) is 10.4. The second-order valence-electron chi connectivity index (χ2n) is 4.99. The number of nitrogens with one attached hydrogen (secondary N) is 1. The number of carbonyl (C=O) groups is 1. The summed E-state index contributed by atoms with van der Waals surface area (Å²) < 4.78 is 26.8. The van der Waals surface area contributed by atoms with Crippen LogP contribution in [0.3, 0.4) is 0 Å². The van der Waals surface area contributed by atoms with E-state index in [1.165, 1.54) is 6.07 Å². The van der Waals surface area contributed by atoms with Crippen LogP contribution in [0.1, 0.15) is 5.56 Å². The Morgan fingerprint density at radius 2 is 1.91 bits per heavy atom. The van der Waals surface area contributed by atoms with Crippen molar-refractivity contribution in [2.45, 2.75) is 11.8 Å². The molecule has 1 N–H and O–H groups in total. The van der Waals surface area contributed by atoms with Crippen LogP contribution in [-0.2, 0) is 14.8 Å². The lowest BCUT2D eigenvalue weighted by molar-refractivity contribution is -0.114. The fraction of sp³-hybridized carbons (Fsp3) is 0.133. The third-order valence-electron chi connectivity index (χ3n) is 3.46. The number of hydrogen-bond donors (Lipinski definition) is 1. The Hall–Kier alpha value is -2.05. The average Bonchev–Trinajstić information content (AvgIpc) is 2.57. The summed E-state index contributed by atoms with van der Waals surface area (Å²) in [6, 6.07) is 11.2. The normalized spacial score (nSPS) is 16.6. The minimum atomic E-state index is -3.84. The lowest BCUT2D eigenvalue weighted by Gasteiger charge is -2.22. The van der Waals surface area contributed by atoms with Crippen molar-refractivity contribution < 1.29 is 13.2 Å². The van der Waals surface area contributed by atoms with Gasteiger partial charge in [0.2, 0.25) is 5.91 Å². The number of sulfonamides is 1. The first kappa shape index (κ1) is 14.9. The largest absolute Gasteiger partial charge is 0.323 e. The van der Waals surface area contributed by atoms with Gasteiger partial charge in [0.05, 0.1) is 11.4 Å². The van der Waals surface area contributed by atoms with Crippen LogP contribution in [0, 0.1) is 6.92 Å². The minimum Gasteiger partial charge on any atom is -0.323 e. The number of halogens is 1. The number of aryl methyl sites for hydroxylation is 1. The van der Waals surface area contributed by atoms with Crippen molar-refractivity contribution in [3.05, 3.63) is 53.1 Å². The molecular weight excluding hydrogens is 324 g/mol. The number of amides is 1. The quantitative estimate of drug-likeness (QED) is 0.870. The SMILES string of the molecule is Cc1ccc(N2CC(=O)Nc3ccccc3S2(=O)=O)cc1Cl. The number of hydrogen-bond acceptors (Lipinski definition) is 3. The Morgan fingerprint density at radius 1 is 1.18 bits per heavy atom. The van der Waals surface area contributed by atoms with Crippen LogP contribution in [0.5, 0.6) is 0 Å². The molecule has 1 aliphatic heterocycles. The van der Waals surface area contributed by atoms with E-state index in [4.69, 9.17) is 11.6 Å². The van der Waals surface area contributed by atoms with Crippen LogP contribution in [0.4, 0.5) is 11.4 Å². The van der Waals surface area contributed by atoms with Gasteiger partial charge in [-0.25, -0.2) is 8.42 Å². The van der Waals surface area contributed by atoms with Crippen molar-refractivity contribution in [1.29, 1.82) is 0 Å². The van der Waals surface area contributed by atoms with Gasteiger partial charge in [0.1, 0.15) is 11.4 Å². The van der Waals surface area contributed by atoms with Crippen molar-refractivity contribution in [3.63, 3.8) is 0 Å². The highest BCUT2D eigenvalue weighted by Gasteiger charge is 2.32. The van der Waals surface area contributed by atoms with Gasteiger partial charge in [-0.1, -0.05) is 29.8 Å². The molecule has 3 rings (SSSR count). The summed E-state index contributed by atoms with van der Waals surface area (Å²) in [6.45, 7) is 1.53. The van der Waals surface area contributed by atoms with Crippen LogP contribution in [0.2, 0.25) is 5.02 Å². The lowest BCUT2D eigenvalue weighted by atomic mass is 10.2. The third-order valence-corrected chi connectivity index (χ3v) is 5.70. The Kier molecular flexibility index (Phi) is 3.58. The van der Waals surface area contributed by atoms with Gasteiger partial charge in [-0.2, -0.15) is 0 Å². The van der Waals surface area contributed by atoms with E-state index in [0.29, 0.717) is 10.7 Å². The topological polar surface area (TPSA) is 66.5 Å². The smallest absolute Gasteiger partial charge is 0.266 e. The molecule has 0 saturated heterocycles. The molecule has 0 radical (unpaired) electrons. The molecule has 2 aromatic rings. The number of benzene rings is 2. The Bertz CT molecular complexity index is 865.